The molecule has 2 fully saturated rings. The van der Waals surface area contributed by atoms with Gasteiger partial charge in [-0.2, -0.15) is 0 Å². The summed E-state index contributed by atoms with van der Waals surface area (Å²) < 4.78 is 22.8. The van der Waals surface area contributed by atoms with Crippen molar-refractivity contribution in [1.29, 1.82) is 0 Å². The summed E-state index contributed by atoms with van der Waals surface area (Å²) in [4.78, 5) is 62.4. The lowest BCUT2D eigenvalue weighted by molar-refractivity contribution is -0.160. The lowest BCUT2D eigenvalue weighted by Crippen LogP contribution is -2.55. The van der Waals surface area contributed by atoms with Crippen LogP contribution in [0.2, 0.25) is 0 Å². The van der Waals surface area contributed by atoms with Gasteiger partial charge in [-0.3, -0.25) is 19.8 Å². The minimum absolute atomic E-state index is 0.0112. The molecule has 3 amide bonds. The molecule has 0 bridgehead atoms. The number of allylic oxidation sites excluding steroid dienone is 1. The van der Waals surface area contributed by atoms with Crippen LogP contribution in [0, 0.1) is 0 Å². The number of carbonyl (C=O) groups excluding carboxylic acids is 4. The third-order valence-electron chi connectivity index (χ3n) is 8.97. The number of amides is 3. The quantitative estimate of drug-likeness (QED) is 0.0964. The maximum absolute atomic E-state index is 14.3. The van der Waals surface area contributed by atoms with Crippen LogP contribution in [-0.2, 0) is 28.5 Å². The minimum atomic E-state index is -0.798. The topological polar surface area (TPSA) is 139 Å². The van der Waals surface area contributed by atoms with Crippen LogP contribution in [0.25, 0.3) is 0 Å². The highest BCUT2D eigenvalue weighted by Crippen LogP contribution is 2.26. The number of piperidine rings is 2. The van der Waals surface area contributed by atoms with Gasteiger partial charge in [-0.1, -0.05) is 12.2 Å². The number of aliphatic imine (C=N–C) groups is 1. The molecule has 0 aromatic carbocycles. The van der Waals surface area contributed by atoms with Crippen LogP contribution >= 0.6 is 0 Å². The van der Waals surface area contributed by atoms with Gasteiger partial charge in [-0.15, -0.1) is 4.99 Å². The van der Waals surface area contributed by atoms with Crippen molar-refractivity contribution >= 4 is 30.0 Å². The molecule has 2 heterocycles. The Bertz CT molecular complexity index is 1240. The molecule has 13 nitrogen and oxygen atoms in total. The summed E-state index contributed by atoms with van der Waals surface area (Å²) in [6, 6.07) is -0.487. The van der Waals surface area contributed by atoms with Crippen molar-refractivity contribution in [3.63, 3.8) is 0 Å². The fourth-order valence-corrected chi connectivity index (χ4v) is 6.64. The van der Waals surface area contributed by atoms with Gasteiger partial charge in [0.2, 0.25) is 11.9 Å². The molecule has 3 rings (SSSR count). The van der Waals surface area contributed by atoms with E-state index in [-0.39, 0.29) is 42.4 Å². The van der Waals surface area contributed by atoms with E-state index in [4.69, 9.17) is 18.9 Å². The van der Waals surface area contributed by atoms with Gasteiger partial charge in [0.25, 0.3) is 0 Å². The summed E-state index contributed by atoms with van der Waals surface area (Å²) >= 11 is 0. The Morgan fingerprint density at radius 3 is 2.08 bits per heavy atom. The largest absolute Gasteiger partial charge is 0.460 e. The Morgan fingerprint density at radius 1 is 0.843 bits per heavy atom. The second-order valence-electron chi connectivity index (χ2n) is 17.0. The first-order valence-corrected chi connectivity index (χ1v) is 18.8. The van der Waals surface area contributed by atoms with Crippen molar-refractivity contribution < 1.29 is 38.1 Å². The highest BCUT2D eigenvalue weighted by Gasteiger charge is 2.38. The molecule has 290 valence electrons. The molecule has 13 heteroatoms. The monoisotopic (exact) mass is 719 g/mol. The van der Waals surface area contributed by atoms with Gasteiger partial charge in [0.05, 0.1) is 12.5 Å². The highest BCUT2D eigenvalue weighted by molar-refractivity contribution is 5.99. The first-order chi connectivity index (χ1) is 23.7. The summed E-state index contributed by atoms with van der Waals surface area (Å²) in [7, 11) is 1.95. The number of rotatable bonds is 9. The lowest BCUT2D eigenvalue weighted by Gasteiger charge is -2.42. The fraction of sp³-hybridized carbons (Fsp3) is 0.816. The molecular weight excluding hydrogens is 654 g/mol. The van der Waals surface area contributed by atoms with E-state index in [0.29, 0.717) is 45.5 Å². The van der Waals surface area contributed by atoms with Gasteiger partial charge in [-0.05, 0) is 127 Å². The Hall–Kier alpha value is -3.19. The number of guanidine groups is 1. The Morgan fingerprint density at radius 2 is 1.49 bits per heavy atom. The third kappa shape index (κ3) is 15.1. The van der Waals surface area contributed by atoms with Crippen LogP contribution in [0.3, 0.4) is 0 Å². The normalized spacial score (nSPS) is 21.7. The van der Waals surface area contributed by atoms with E-state index in [9.17, 15) is 19.2 Å². The van der Waals surface area contributed by atoms with E-state index >= 15 is 0 Å². The van der Waals surface area contributed by atoms with Crippen molar-refractivity contribution in [2.75, 3.05) is 33.3 Å². The van der Waals surface area contributed by atoms with E-state index in [2.05, 4.69) is 27.4 Å². The molecule has 1 aliphatic carbocycles. The summed E-state index contributed by atoms with van der Waals surface area (Å²) in [5, 5.41) is 2.64. The molecule has 0 aromatic heterocycles. The fourth-order valence-electron chi connectivity index (χ4n) is 6.64. The molecule has 1 unspecified atom stereocenters. The molecule has 0 aromatic rings. The van der Waals surface area contributed by atoms with E-state index < -0.39 is 35.0 Å². The number of nitrogens with one attached hydrogen (secondary N) is 1. The van der Waals surface area contributed by atoms with Crippen molar-refractivity contribution in [3.05, 3.63) is 12.2 Å². The predicted octanol–water partition coefficient (Wildman–Crippen LogP) is 6.20. The average Bonchev–Trinajstić information content (AvgIpc) is 3.01. The van der Waals surface area contributed by atoms with Crippen molar-refractivity contribution in [3.8, 4) is 0 Å². The van der Waals surface area contributed by atoms with Crippen molar-refractivity contribution in [2.24, 2.45) is 4.99 Å². The minimum Gasteiger partial charge on any atom is -0.460 e. The Labute approximate surface area is 305 Å². The SMILES string of the molecule is CN(C1C=CCCC1)[C@@H](CC(=O)OC(C)(C)C)C(=O)N1CCCC[C@H]1CCOC1CCN(C(=NC(=O)OC(C)(C)C)NC(=O)OC(C)(C)C)CC1. The van der Waals surface area contributed by atoms with Crippen LogP contribution in [-0.4, -0.2) is 119 Å². The average molecular weight is 720 g/mol. The number of esters is 1. The molecule has 2 saturated heterocycles. The van der Waals surface area contributed by atoms with Crippen LogP contribution in [0.4, 0.5) is 9.59 Å². The Balaban J connectivity index is 1.61. The Kier molecular flexibility index (Phi) is 15.3. The maximum Gasteiger partial charge on any atom is 0.437 e. The summed E-state index contributed by atoms with van der Waals surface area (Å²) in [5.41, 5.74) is -2.09. The van der Waals surface area contributed by atoms with Gasteiger partial charge in [0.15, 0.2) is 0 Å². The number of carbonyl (C=O) groups is 4. The molecule has 0 saturated carbocycles. The summed E-state index contributed by atoms with van der Waals surface area (Å²) in [5.74, 6) is -0.297. The molecule has 0 spiro atoms. The van der Waals surface area contributed by atoms with E-state index in [1.165, 1.54) is 0 Å². The first kappa shape index (κ1) is 42.2. The number of alkyl carbamates (subject to hydrolysis) is 1. The number of nitrogens with zero attached hydrogens (tertiary/aromatic N) is 4. The standard InChI is InChI=1S/C38H65N5O8/c1-36(2,3)49-31(44)26-30(41(10)27-16-12-11-13-17-27)32(45)43-22-15-14-18-28(43)21-25-48-29-19-23-42(24-20-29)33(39-34(46)50-37(4,5)6)40-35(47)51-38(7,8)9/h12,16,27-30H,11,13-15,17-26H2,1-10H3,(H,39,40,46,47)/t27?,28-,30-/m0/s1. The van der Waals surface area contributed by atoms with Crippen LogP contribution in [0.1, 0.15) is 127 Å². The molecular formula is C38H65N5O8. The van der Waals surface area contributed by atoms with Gasteiger partial charge in [-0.25, -0.2) is 9.59 Å². The van der Waals surface area contributed by atoms with Crippen LogP contribution in [0.15, 0.2) is 17.1 Å². The second kappa shape index (κ2) is 18.5. The number of hydrogen-bond donors (Lipinski definition) is 1. The third-order valence-corrected chi connectivity index (χ3v) is 8.97. The molecule has 3 atom stereocenters. The first-order valence-electron chi connectivity index (χ1n) is 18.8. The maximum atomic E-state index is 14.3. The number of hydrogen-bond acceptors (Lipinski definition) is 9. The molecule has 3 aliphatic rings. The summed E-state index contributed by atoms with van der Waals surface area (Å²) in [6.07, 6.45) is 10.7. The van der Waals surface area contributed by atoms with E-state index in [1.54, 1.807) is 41.5 Å². The number of ether oxygens (including phenoxy) is 4. The second-order valence-corrected chi connectivity index (χ2v) is 17.0. The zero-order valence-electron chi connectivity index (χ0n) is 32.9. The van der Waals surface area contributed by atoms with E-state index in [1.807, 2.05) is 37.6 Å². The molecule has 51 heavy (non-hydrogen) atoms. The van der Waals surface area contributed by atoms with E-state index in [0.717, 1.165) is 38.5 Å². The molecule has 1 N–H and O–H groups in total. The summed E-state index contributed by atoms with van der Waals surface area (Å²) in [6.45, 7) is 18.2. The van der Waals surface area contributed by atoms with Crippen molar-refractivity contribution in [1.82, 2.24) is 20.0 Å². The lowest BCUT2D eigenvalue weighted by atomic mass is 9.95. The van der Waals surface area contributed by atoms with Gasteiger partial charge >= 0.3 is 18.2 Å². The van der Waals surface area contributed by atoms with Crippen molar-refractivity contribution in [2.45, 2.75) is 168 Å². The van der Waals surface area contributed by atoms with Crippen LogP contribution < -0.4 is 5.32 Å². The molecule has 2 aliphatic heterocycles. The van der Waals surface area contributed by atoms with Gasteiger partial charge < -0.3 is 28.7 Å². The van der Waals surface area contributed by atoms with Gasteiger partial charge in [0, 0.05) is 38.3 Å². The smallest absolute Gasteiger partial charge is 0.437 e. The number of likely N-dealkylation sites (tertiary alicyclic amines) is 2. The van der Waals surface area contributed by atoms with Gasteiger partial charge in [0.1, 0.15) is 22.8 Å². The zero-order valence-corrected chi connectivity index (χ0v) is 32.9. The number of likely N-dealkylation sites (N-methyl/N-ethyl adjacent to an activating group) is 1. The van der Waals surface area contributed by atoms with Crippen LogP contribution in [0.5, 0.6) is 0 Å². The molecule has 0 radical (unpaired) electrons. The predicted molar refractivity (Wildman–Crippen MR) is 196 cm³/mol. The zero-order chi connectivity index (χ0) is 38.0. The highest BCUT2D eigenvalue weighted by atomic mass is 16.6.